The van der Waals surface area contributed by atoms with Gasteiger partial charge in [-0.2, -0.15) is 4.98 Å². The minimum atomic E-state index is -0.408. The van der Waals surface area contributed by atoms with Crippen molar-refractivity contribution in [3.63, 3.8) is 0 Å². The van der Waals surface area contributed by atoms with Crippen LogP contribution in [0.5, 0.6) is 0 Å². The maximum Gasteiger partial charge on any atom is 0.244 e. The normalized spacial score (nSPS) is 23.3. The summed E-state index contributed by atoms with van der Waals surface area (Å²) in [6.07, 6.45) is 1.94. The van der Waals surface area contributed by atoms with Crippen molar-refractivity contribution in [2.24, 2.45) is 0 Å². The van der Waals surface area contributed by atoms with Gasteiger partial charge in [0.15, 0.2) is 5.82 Å². The monoisotopic (exact) mass is 306 g/mol. The largest absolute Gasteiger partial charge is 0.444 e. The van der Waals surface area contributed by atoms with Crippen molar-refractivity contribution in [3.05, 3.63) is 29.6 Å². The van der Waals surface area contributed by atoms with Crippen LogP contribution in [0.4, 0.5) is 0 Å². The number of nitrogens with zero attached hydrogens (tertiary/aromatic N) is 4. The molecule has 0 bridgehead atoms. The smallest absolute Gasteiger partial charge is 0.244 e. The first-order valence-electron chi connectivity index (χ1n) is 7.50. The molecule has 7 nitrogen and oxygen atoms in total. The second-order valence-corrected chi connectivity index (χ2v) is 6.88. The average Bonchev–Trinajstić information content (AvgIpc) is 3.09. The van der Waals surface area contributed by atoms with E-state index in [0.717, 1.165) is 5.76 Å². The average molecular weight is 306 g/mol. The number of oxazole rings is 1. The van der Waals surface area contributed by atoms with Gasteiger partial charge in [0.1, 0.15) is 5.76 Å². The van der Waals surface area contributed by atoms with Crippen LogP contribution in [-0.4, -0.2) is 37.8 Å². The topological polar surface area (TPSA) is 88.4 Å². The number of aryl methyl sites for hydroxylation is 1. The molecule has 0 unspecified atom stereocenters. The number of aliphatic hydroxyl groups excluding tert-OH is 1. The lowest BCUT2D eigenvalue weighted by Gasteiger charge is -2.19. The SMILES string of the molecule is Cc1noc([C@H]2C[C@@H](O)CN2Cc2ncc(C(C)(C)C)o2)n1. The first kappa shape index (κ1) is 15.2. The lowest BCUT2D eigenvalue weighted by atomic mass is 9.94. The molecule has 2 aromatic heterocycles. The van der Waals surface area contributed by atoms with Crippen LogP contribution in [0.2, 0.25) is 0 Å². The third-order valence-corrected chi connectivity index (χ3v) is 3.84. The fourth-order valence-electron chi connectivity index (χ4n) is 2.66. The molecule has 2 atom stereocenters. The van der Waals surface area contributed by atoms with Crippen LogP contribution in [-0.2, 0) is 12.0 Å². The molecule has 3 heterocycles. The Hall–Kier alpha value is -1.73. The van der Waals surface area contributed by atoms with Gasteiger partial charge in [0, 0.05) is 12.0 Å². The van der Waals surface area contributed by atoms with Crippen LogP contribution in [0.25, 0.3) is 0 Å². The summed E-state index contributed by atoms with van der Waals surface area (Å²) in [6, 6.07) is -0.0961. The summed E-state index contributed by atoms with van der Waals surface area (Å²) in [5.41, 5.74) is -0.0707. The molecular formula is C15H22N4O3. The Kier molecular flexibility index (Phi) is 3.78. The standard InChI is InChI=1S/C15H22N4O3/c1-9-17-14(22-18-9)11-5-10(20)7-19(11)8-13-16-6-12(21-13)15(2,3)4/h6,10-11,20H,5,7-8H2,1-4H3/t10-,11-/m1/s1. The van der Waals surface area contributed by atoms with Gasteiger partial charge in [0.25, 0.3) is 0 Å². The van der Waals surface area contributed by atoms with Gasteiger partial charge in [-0.3, -0.25) is 4.90 Å². The van der Waals surface area contributed by atoms with Crippen LogP contribution in [0.15, 0.2) is 15.1 Å². The maximum absolute atomic E-state index is 9.97. The predicted octanol–water partition coefficient (Wildman–Crippen LogP) is 1.97. The van der Waals surface area contributed by atoms with E-state index in [2.05, 4.69) is 40.8 Å². The van der Waals surface area contributed by atoms with Crippen LogP contribution >= 0.6 is 0 Å². The molecule has 0 amide bonds. The zero-order valence-corrected chi connectivity index (χ0v) is 13.4. The van der Waals surface area contributed by atoms with E-state index < -0.39 is 6.10 Å². The quantitative estimate of drug-likeness (QED) is 0.927. The number of aliphatic hydroxyl groups is 1. The predicted molar refractivity (Wildman–Crippen MR) is 78.0 cm³/mol. The van der Waals surface area contributed by atoms with E-state index in [-0.39, 0.29) is 11.5 Å². The molecule has 22 heavy (non-hydrogen) atoms. The van der Waals surface area contributed by atoms with Crippen molar-refractivity contribution in [1.82, 2.24) is 20.0 Å². The van der Waals surface area contributed by atoms with Gasteiger partial charge >= 0.3 is 0 Å². The van der Waals surface area contributed by atoms with Crippen molar-refractivity contribution in [3.8, 4) is 0 Å². The molecule has 1 N–H and O–H groups in total. The highest BCUT2D eigenvalue weighted by atomic mass is 16.5. The first-order chi connectivity index (χ1) is 10.3. The van der Waals surface area contributed by atoms with Crippen LogP contribution in [0.1, 0.15) is 56.6 Å². The molecule has 120 valence electrons. The molecular weight excluding hydrogens is 284 g/mol. The van der Waals surface area contributed by atoms with Crippen molar-refractivity contribution >= 4 is 0 Å². The third kappa shape index (κ3) is 3.05. The molecule has 2 aromatic rings. The van der Waals surface area contributed by atoms with Gasteiger partial charge in [-0.1, -0.05) is 25.9 Å². The summed E-state index contributed by atoms with van der Waals surface area (Å²) in [5.74, 6) is 2.63. The molecule has 1 saturated heterocycles. The molecule has 3 rings (SSSR count). The number of likely N-dealkylation sites (tertiary alicyclic amines) is 1. The highest BCUT2D eigenvalue weighted by molar-refractivity contribution is 5.07. The minimum Gasteiger partial charge on any atom is -0.444 e. The van der Waals surface area contributed by atoms with E-state index in [0.29, 0.717) is 37.1 Å². The summed E-state index contributed by atoms with van der Waals surface area (Å²) < 4.78 is 11.1. The summed E-state index contributed by atoms with van der Waals surface area (Å²) in [6.45, 7) is 9.09. The van der Waals surface area contributed by atoms with Crippen LogP contribution < -0.4 is 0 Å². The molecule has 0 aliphatic carbocycles. The molecule has 1 aliphatic heterocycles. The lowest BCUT2D eigenvalue weighted by Crippen LogP contribution is -2.24. The Morgan fingerprint density at radius 3 is 2.77 bits per heavy atom. The molecule has 1 aliphatic rings. The Morgan fingerprint density at radius 2 is 2.18 bits per heavy atom. The Balaban J connectivity index is 1.76. The van der Waals surface area contributed by atoms with E-state index in [1.165, 1.54) is 0 Å². The molecule has 7 heteroatoms. The molecule has 0 saturated carbocycles. The summed E-state index contributed by atoms with van der Waals surface area (Å²) >= 11 is 0. The Morgan fingerprint density at radius 1 is 1.41 bits per heavy atom. The Labute approximate surface area is 129 Å². The van der Waals surface area contributed by atoms with Gasteiger partial charge in [0.2, 0.25) is 11.8 Å². The zero-order valence-electron chi connectivity index (χ0n) is 13.4. The summed E-state index contributed by atoms with van der Waals surface area (Å²) in [4.78, 5) is 10.7. The minimum absolute atomic E-state index is 0.0707. The Bertz CT molecular complexity index is 643. The maximum atomic E-state index is 9.97. The van der Waals surface area contributed by atoms with E-state index in [4.69, 9.17) is 8.94 Å². The highest BCUT2D eigenvalue weighted by Crippen LogP contribution is 2.33. The van der Waals surface area contributed by atoms with E-state index >= 15 is 0 Å². The molecule has 0 radical (unpaired) electrons. The van der Waals surface area contributed by atoms with Crippen molar-refractivity contribution in [2.75, 3.05) is 6.54 Å². The van der Waals surface area contributed by atoms with Crippen molar-refractivity contribution < 1.29 is 14.0 Å². The van der Waals surface area contributed by atoms with Gasteiger partial charge in [-0.15, -0.1) is 0 Å². The molecule has 0 aromatic carbocycles. The van der Waals surface area contributed by atoms with Gasteiger partial charge in [-0.05, 0) is 13.3 Å². The van der Waals surface area contributed by atoms with Crippen LogP contribution in [0, 0.1) is 6.92 Å². The zero-order chi connectivity index (χ0) is 15.9. The number of hydrogen-bond donors (Lipinski definition) is 1. The summed E-state index contributed by atoms with van der Waals surface area (Å²) in [5, 5.41) is 13.8. The van der Waals surface area contributed by atoms with Gasteiger partial charge < -0.3 is 14.0 Å². The molecule has 1 fully saturated rings. The van der Waals surface area contributed by atoms with Crippen LogP contribution in [0.3, 0.4) is 0 Å². The number of aromatic nitrogens is 3. The first-order valence-corrected chi connectivity index (χ1v) is 7.50. The van der Waals surface area contributed by atoms with Gasteiger partial charge in [0.05, 0.1) is 24.9 Å². The van der Waals surface area contributed by atoms with E-state index in [1.807, 2.05) is 0 Å². The third-order valence-electron chi connectivity index (χ3n) is 3.84. The fourth-order valence-corrected chi connectivity index (χ4v) is 2.66. The van der Waals surface area contributed by atoms with E-state index in [9.17, 15) is 5.11 Å². The lowest BCUT2D eigenvalue weighted by molar-refractivity contribution is 0.160. The second kappa shape index (κ2) is 5.48. The number of rotatable bonds is 3. The second-order valence-electron chi connectivity index (χ2n) is 6.88. The number of β-amino-alcohol motifs (C(OH)–C–C–N with tert-alkyl or cyclic N) is 1. The van der Waals surface area contributed by atoms with Crippen molar-refractivity contribution in [2.45, 2.75) is 58.2 Å². The fraction of sp³-hybridized carbons (Fsp3) is 0.667. The highest BCUT2D eigenvalue weighted by Gasteiger charge is 2.36. The van der Waals surface area contributed by atoms with Crippen molar-refractivity contribution in [1.29, 1.82) is 0 Å². The van der Waals surface area contributed by atoms with Gasteiger partial charge in [-0.25, -0.2) is 4.98 Å². The molecule has 0 spiro atoms. The van der Waals surface area contributed by atoms with E-state index in [1.54, 1.807) is 13.1 Å². The number of hydrogen-bond acceptors (Lipinski definition) is 7. The summed E-state index contributed by atoms with van der Waals surface area (Å²) in [7, 11) is 0.